The highest BCUT2D eigenvalue weighted by molar-refractivity contribution is 9.10. The molecule has 0 bridgehead atoms. The van der Waals surface area contributed by atoms with Crippen LogP contribution in [0, 0.1) is 12.7 Å². The zero-order valence-corrected chi connectivity index (χ0v) is 9.73. The zero-order valence-electron chi connectivity index (χ0n) is 8.14. The summed E-state index contributed by atoms with van der Waals surface area (Å²) in [5, 5.41) is 0. The van der Waals surface area contributed by atoms with Crippen molar-refractivity contribution in [2.75, 3.05) is 20.3 Å². The van der Waals surface area contributed by atoms with Crippen molar-refractivity contribution in [3.8, 4) is 5.75 Å². The lowest BCUT2D eigenvalue weighted by Crippen LogP contribution is -2.06. The minimum Gasteiger partial charge on any atom is -0.487 e. The molecule has 0 N–H and O–H groups in total. The maximum atomic E-state index is 13.3. The molecule has 4 heteroatoms. The van der Waals surface area contributed by atoms with Crippen LogP contribution < -0.4 is 4.74 Å². The molecule has 0 unspecified atom stereocenters. The maximum absolute atomic E-state index is 13.3. The maximum Gasteiger partial charge on any atom is 0.169 e. The van der Waals surface area contributed by atoms with Gasteiger partial charge in [-0.3, -0.25) is 0 Å². The number of aryl methyl sites for hydroxylation is 1. The molecule has 0 atom stereocenters. The summed E-state index contributed by atoms with van der Waals surface area (Å²) in [6.07, 6.45) is 0. The van der Waals surface area contributed by atoms with Crippen LogP contribution in [0.15, 0.2) is 16.6 Å². The van der Waals surface area contributed by atoms with Gasteiger partial charge in [-0.1, -0.05) is 0 Å². The topological polar surface area (TPSA) is 18.5 Å². The molecule has 0 radical (unpaired) electrons. The fraction of sp³-hybridized carbons (Fsp3) is 0.400. The first kappa shape index (κ1) is 11.5. The van der Waals surface area contributed by atoms with E-state index >= 15 is 0 Å². The van der Waals surface area contributed by atoms with E-state index < -0.39 is 0 Å². The van der Waals surface area contributed by atoms with Gasteiger partial charge in [0.25, 0.3) is 0 Å². The Morgan fingerprint density at radius 3 is 2.64 bits per heavy atom. The number of ether oxygens (including phenoxy) is 2. The van der Waals surface area contributed by atoms with Gasteiger partial charge in [0.1, 0.15) is 6.61 Å². The zero-order chi connectivity index (χ0) is 10.6. The number of hydrogen-bond donors (Lipinski definition) is 0. The lowest BCUT2D eigenvalue weighted by atomic mass is 10.2. The molecule has 0 aliphatic rings. The lowest BCUT2D eigenvalue weighted by molar-refractivity contribution is 0.143. The smallest absolute Gasteiger partial charge is 0.169 e. The Bertz CT molecular complexity index is 292. The quantitative estimate of drug-likeness (QED) is 0.777. The van der Waals surface area contributed by atoms with Crippen molar-refractivity contribution in [2.45, 2.75) is 6.92 Å². The van der Waals surface area contributed by atoms with Gasteiger partial charge in [0.15, 0.2) is 11.6 Å². The molecule has 0 amide bonds. The molecule has 0 saturated carbocycles. The summed E-state index contributed by atoms with van der Waals surface area (Å²) in [7, 11) is 1.57. The molecule has 14 heavy (non-hydrogen) atoms. The molecule has 1 aromatic carbocycles. The Hall–Kier alpha value is -0.610. The van der Waals surface area contributed by atoms with Crippen molar-refractivity contribution in [1.29, 1.82) is 0 Å². The summed E-state index contributed by atoms with van der Waals surface area (Å²) in [6.45, 7) is 2.61. The van der Waals surface area contributed by atoms with Gasteiger partial charge >= 0.3 is 0 Å². The second-order valence-corrected chi connectivity index (χ2v) is 3.75. The van der Waals surface area contributed by atoms with Gasteiger partial charge in [0, 0.05) is 7.11 Å². The van der Waals surface area contributed by atoms with Crippen molar-refractivity contribution < 1.29 is 13.9 Å². The molecule has 0 aliphatic carbocycles. The Labute approximate surface area is 91.2 Å². The third-order valence-corrected chi connectivity index (χ3v) is 2.27. The van der Waals surface area contributed by atoms with E-state index in [9.17, 15) is 4.39 Å². The van der Waals surface area contributed by atoms with Crippen molar-refractivity contribution in [2.24, 2.45) is 0 Å². The largest absolute Gasteiger partial charge is 0.487 e. The molecule has 0 fully saturated rings. The van der Waals surface area contributed by atoms with Gasteiger partial charge in [0.05, 0.1) is 11.1 Å². The molecule has 1 rings (SSSR count). The lowest BCUT2D eigenvalue weighted by Gasteiger charge is -2.09. The molecule has 2 nitrogen and oxygen atoms in total. The van der Waals surface area contributed by atoms with Crippen LogP contribution in [0.3, 0.4) is 0 Å². The van der Waals surface area contributed by atoms with E-state index in [0.717, 1.165) is 5.56 Å². The van der Waals surface area contributed by atoms with Crippen molar-refractivity contribution in [1.82, 2.24) is 0 Å². The Morgan fingerprint density at radius 2 is 2.07 bits per heavy atom. The second kappa shape index (κ2) is 5.32. The van der Waals surface area contributed by atoms with Gasteiger partial charge in [0.2, 0.25) is 0 Å². The third-order valence-electron chi connectivity index (χ3n) is 1.68. The molecular weight excluding hydrogens is 251 g/mol. The van der Waals surface area contributed by atoms with Gasteiger partial charge in [-0.25, -0.2) is 4.39 Å². The van der Waals surface area contributed by atoms with Crippen LogP contribution in [0.1, 0.15) is 5.56 Å². The summed E-state index contributed by atoms with van der Waals surface area (Å²) in [4.78, 5) is 0. The monoisotopic (exact) mass is 262 g/mol. The number of benzene rings is 1. The van der Waals surface area contributed by atoms with Crippen LogP contribution in [0.2, 0.25) is 0 Å². The second-order valence-electron chi connectivity index (χ2n) is 2.90. The number of halogens is 2. The predicted molar refractivity (Wildman–Crippen MR) is 56.2 cm³/mol. The number of hydrogen-bond acceptors (Lipinski definition) is 2. The van der Waals surface area contributed by atoms with E-state index in [1.807, 2.05) is 13.0 Å². The summed E-state index contributed by atoms with van der Waals surface area (Å²) >= 11 is 3.24. The fourth-order valence-corrected chi connectivity index (χ4v) is 1.72. The van der Waals surface area contributed by atoms with E-state index in [1.165, 1.54) is 6.07 Å². The van der Waals surface area contributed by atoms with Crippen LogP contribution in [0.25, 0.3) is 0 Å². The highest BCUT2D eigenvalue weighted by Crippen LogP contribution is 2.29. The van der Waals surface area contributed by atoms with E-state index in [2.05, 4.69) is 15.9 Å². The fourth-order valence-electron chi connectivity index (χ4n) is 1.05. The minimum atomic E-state index is -0.354. The molecule has 78 valence electrons. The molecule has 1 aromatic rings. The molecule has 0 saturated heterocycles. The molecule has 0 heterocycles. The van der Waals surface area contributed by atoms with Crippen LogP contribution in [0.4, 0.5) is 4.39 Å². The summed E-state index contributed by atoms with van der Waals surface area (Å²) in [5.41, 5.74) is 0.855. The summed E-state index contributed by atoms with van der Waals surface area (Å²) in [5.74, 6) is -0.111. The number of methoxy groups -OCH3 is 1. The molecule has 0 aromatic heterocycles. The number of rotatable bonds is 4. The third kappa shape index (κ3) is 2.96. The van der Waals surface area contributed by atoms with Crippen LogP contribution in [0.5, 0.6) is 5.75 Å². The molecule has 0 spiro atoms. The first-order chi connectivity index (χ1) is 6.65. The van der Waals surface area contributed by atoms with Gasteiger partial charge in [-0.05, 0) is 40.5 Å². The average Bonchev–Trinajstić information content (AvgIpc) is 2.09. The van der Waals surface area contributed by atoms with Crippen molar-refractivity contribution in [3.05, 3.63) is 28.0 Å². The van der Waals surface area contributed by atoms with E-state index in [0.29, 0.717) is 17.7 Å². The highest BCUT2D eigenvalue weighted by atomic mass is 79.9. The SMILES string of the molecule is COCCOc1c(F)cc(C)cc1Br. The highest BCUT2D eigenvalue weighted by Gasteiger charge is 2.08. The average molecular weight is 263 g/mol. The first-order valence-electron chi connectivity index (χ1n) is 4.22. The Balaban J connectivity index is 2.75. The van der Waals surface area contributed by atoms with E-state index in [-0.39, 0.29) is 11.6 Å². The minimum absolute atomic E-state index is 0.243. The summed E-state index contributed by atoms with van der Waals surface area (Å²) in [6, 6.07) is 3.25. The van der Waals surface area contributed by atoms with Crippen LogP contribution >= 0.6 is 15.9 Å². The Kier molecular flexibility index (Phi) is 4.35. The molecule has 0 aliphatic heterocycles. The standard InChI is InChI=1S/C10H12BrFO2/c1-7-5-8(11)10(9(12)6-7)14-4-3-13-2/h5-6H,3-4H2,1-2H3. The Morgan fingerprint density at radius 1 is 1.36 bits per heavy atom. The molecular formula is C10H12BrFO2. The van der Waals surface area contributed by atoms with Gasteiger partial charge in [-0.2, -0.15) is 0 Å². The van der Waals surface area contributed by atoms with E-state index in [4.69, 9.17) is 9.47 Å². The van der Waals surface area contributed by atoms with Crippen LogP contribution in [-0.2, 0) is 4.74 Å². The van der Waals surface area contributed by atoms with Crippen molar-refractivity contribution >= 4 is 15.9 Å². The first-order valence-corrected chi connectivity index (χ1v) is 5.02. The normalized spacial score (nSPS) is 10.3. The van der Waals surface area contributed by atoms with E-state index in [1.54, 1.807) is 7.11 Å². The van der Waals surface area contributed by atoms with Crippen molar-refractivity contribution in [3.63, 3.8) is 0 Å². The van der Waals surface area contributed by atoms with Gasteiger partial charge < -0.3 is 9.47 Å². The van der Waals surface area contributed by atoms with Gasteiger partial charge in [-0.15, -0.1) is 0 Å². The van der Waals surface area contributed by atoms with Crippen LogP contribution in [-0.4, -0.2) is 20.3 Å². The summed E-state index contributed by atoms with van der Waals surface area (Å²) < 4.78 is 24.0. The predicted octanol–water partition coefficient (Wildman–Crippen LogP) is 2.92.